The molecule has 25 heavy (non-hydrogen) atoms. The number of esters is 1. The van der Waals surface area contributed by atoms with E-state index in [4.69, 9.17) is 9.47 Å². The Kier molecular flexibility index (Phi) is 5.30. The maximum absolute atomic E-state index is 12.7. The van der Waals surface area contributed by atoms with Gasteiger partial charge in [-0.1, -0.05) is 30.3 Å². The van der Waals surface area contributed by atoms with Crippen molar-refractivity contribution >= 4 is 18.0 Å². The highest BCUT2D eigenvalue weighted by Gasteiger charge is 2.53. The summed E-state index contributed by atoms with van der Waals surface area (Å²) in [6.45, 7) is 6.90. The largest absolute Gasteiger partial charge is 0.464 e. The lowest BCUT2D eigenvalue weighted by Crippen LogP contribution is -2.58. The standard InChI is InChI=1S/C19H23NO5/c1-5-24-16(22)19(13-14-9-7-6-8-10-14)12-11-15(21)20(19)17(23)25-18(2,3)4/h6-12H,5,13H2,1-4H3. The molecule has 1 aliphatic heterocycles. The van der Waals surface area contributed by atoms with Crippen LogP contribution in [-0.4, -0.2) is 40.6 Å². The van der Waals surface area contributed by atoms with Crippen molar-refractivity contribution in [2.75, 3.05) is 6.61 Å². The Balaban J connectivity index is 2.44. The fourth-order valence-electron chi connectivity index (χ4n) is 2.65. The lowest BCUT2D eigenvalue weighted by atomic mass is 9.90. The highest BCUT2D eigenvalue weighted by molar-refractivity contribution is 6.08. The van der Waals surface area contributed by atoms with Crippen molar-refractivity contribution in [1.29, 1.82) is 0 Å². The molecule has 134 valence electrons. The van der Waals surface area contributed by atoms with Crippen LogP contribution in [0.15, 0.2) is 42.5 Å². The minimum atomic E-state index is -1.54. The second kappa shape index (κ2) is 7.09. The Labute approximate surface area is 147 Å². The highest BCUT2D eigenvalue weighted by atomic mass is 16.6. The van der Waals surface area contributed by atoms with Gasteiger partial charge in [0.05, 0.1) is 6.61 Å². The average Bonchev–Trinajstić information content (AvgIpc) is 2.84. The maximum atomic E-state index is 12.7. The summed E-state index contributed by atoms with van der Waals surface area (Å²) < 4.78 is 10.5. The summed E-state index contributed by atoms with van der Waals surface area (Å²) in [6.07, 6.45) is 1.88. The van der Waals surface area contributed by atoms with Gasteiger partial charge in [-0.05, 0) is 39.3 Å². The molecular weight excluding hydrogens is 322 g/mol. The number of hydrogen-bond donors (Lipinski definition) is 0. The van der Waals surface area contributed by atoms with E-state index in [2.05, 4.69) is 0 Å². The van der Waals surface area contributed by atoms with E-state index in [9.17, 15) is 14.4 Å². The number of nitrogens with zero attached hydrogens (tertiary/aromatic N) is 1. The van der Waals surface area contributed by atoms with Gasteiger partial charge >= 0.3 is 12.1 Å². The van der Waals surface area contributed by atoms with E-state index < -0.39 is 29.1 Å². The average molecular weight is 345 g/mol. The van der Waals surface area contributed by atoms with Crippen LogP contribution in [0.4, 0.5) is 4.79 Å². The van der Waals surface area contributed by atoms with Gasteiger partial charge in [0.1, 0.15) is 5.60 Å². The zero-order valence-corrected chi connectivity index (χ0v) is 14.9. The molecule has 0 spiro atoms. The lowest BCUT2D eigenvalue weighted by Gasteiger charge is -2.35. The Morgan fingerprint density at radius 1 is 1.16 bits per heavy atom. The maximum Gasteiger partial charge on any atom is 0.418 e. The van der Waals surface area contributed by atoms with Crippen molar-refractivity contribution in [1.82, 2.24) is 4.90 Å². The van der Waals surface area contributed by atoms with Crippen molar-refractivity contribution in [3.63, 3.8) is 0 Å². The van der Waals surface area contributed by atoms with Gasteiger partial charge in [-0.2, -0.15) is 0 Å². The predicted molar refractivity (Wildman–Crippen MR) is 91.7 cm³/mol. The van der Waals surface area contributed by atoms with Crippen LogP contribution in [0.2, 0.25) is 0 Å². The summed E-state index contributed by atoms with van der Waals surface area (Å²) in [7, 11) is 0. The van der Waals surface area contributed by atoms with Crippen LogP contribution < -0.4 is 0 Å². The molecule has 1 unspecified atom stereocenters. The minimum absolute atomic E-state index is 0.119. The summed E-state index contributed by atoms with van der Waals surface area (Å²) in [4.78, 5) is 38.5. The van der Waals surface area contributed by atoms with Crippen LogP contribution in [0.1, 0.15) is 33.3 Å². The van der Waals surface area contributed by atoms with Gasteiger partial charge in [-0.3, -0.25) is 4.79 Å². The molecule has 0 bridgehead atoms. The summed E-state index contributed by atoms with van der Waals surface area (Å²) in [5.74, 6) is -1.26. The van der Waals surface area contributed by atoms with Crippen molar-refractivity contribution < 1.29 is 23.9 Å². The van der Waals surface area contributed by atoms with Crippen LogP contribution in [0.3, 0.4) is 0 Å². The normalized spacial score (nSPS) is 19.8. The fraction of sp³-hybridized carbons (Fsp3) is 0.421. The van der Waals surface area contributed by atoms with Crippen molar-refractivity contribution in [3.8, 4) is 0 Å². The number of carbonyl (C=O) groups excluding carboxylic acids is 3. The van der Waals surface area contributed by atoms with E-state index in [1.54, 1.807) is 27.7 Å². The molecule has 0 radical (unpaired) electrons. The molecule has 0 fully saturated rings. The smallest absolute Gasteiger partial charge is 0.418 e. The van der Waals surface area contributed by atoms with Crippen molar-refractivity contribution in [3.05, 3.63) is 48.0 Å². The van der Waals surface area contributed by atoms with Crippen molar-refractivity contribution in [2.45, 2.75) is 45.3 Å². The minimum Gasteiger partial charge on any atom is -0.464 e. The van der Waals surface area contributed by atoms with Gasteiger partial charge in [0, 0.05) is 12.5 Å². The molecule has 0 aromatic heterocycles. The Morgan fingerprint density at radius 3 is 2.36 bits per heavy atom. The number of ether oxygens (including phenoxy) is 2. The zero-order chi connectivity index (χ0) is 18.7. The van der Waals surface area contributed by atoms with Crippen LogP contribution in [0.5, 0.6) is 0 Å². The van der Waals surface area contributed by atoms with Crippen molar-refractivity contribution in [2.24, 2.45) is 0 Å². The molecule has 6 nitrogen and oxygen atoms in total. The first-order valence-corrected chi connectivity index (χ1v) is 8.17. The molecule has 0 aliphatic carbocycles. The third kappa shape index (κ3) is 4.07. The summed E-state index contributed by atoms with van der Waals surface area (Å²) in [5.41, 5.74) is -1.55. The molecule has 0 saturated carbocycles. The molecule has 1 atom stereocenters. The monoisotopic (exact) mass is 345 g/mol. The topological polar surface area (TPSA) is 72.9 Å². The van der Waals surface area contributed by atoms with Crippen LogP contribution in [-0.2, 0) is 25.5 Å². The molecule has 1 aliphatic rings. The van der Waals surface area contributed by atoms with Crippen LogP contribution >= 0.6 is 0 Å². The number of imide groups is 1. The third-order valence-electron chi connectivity index (χ3n) is 3.64. The highest BCUT2D eigenvalue weighted by Crippen LogP contribution is 2.32. The van der Waals surface area contributed by atoms with E-state index in [1.165, 1.54) is 12.2 Å². The van der Waals surface area contributed by atoms with E-state index in [-0.39, 0.29) is 13.0 Å². The summed E-state index contributed by atoms with van der Waals surface area (Å²) >= 11 is 0. The first-order chi connectivity index (χ1) is 11.7. The molecule has 2 amide bonds. The zero-order valence-electron chi connectivity index (χ0n) is 14.9. The van der Waals surface area contributed by atoms with Gasteiger partial charge in [-0.15, -0.1) is 0 Å². The second-order valence-electron chi connectivity index (χ2n) is 6.79. The number of amides is 2. The Morgan fingerprint density at radius 2 is 1.80 bits per heavy atom. The Bertz CT molecular complexity index is 690. The SMILES string of the molecule is CCOC(=O)C1(Cc2ccccc2)C=CC(=O)N1C(=O)OC(C)(C)C. The van der Waals surface area contributed by atoms with E-state index >= 15 is 0 Å². The van der Waals surface area contributed by atoms with Crippen LogP contribution in [0.25, 0.3) is 0 Å². The number of rotatable bonds is 4. The van der Waals surface area contributed by atoms with Gasteiger partial charge in [0.25, 0.3) is 5.91 Å². The summed E-state index contributed by atoms with van der Waals surface area (Å²) in [5, 5.41) is 0. The number of hydrogen-bond acceptors (Lipinski definition) is 5. The second-order valence-corrected chi connectivity index (χ2v) is 6.79. The van der Waals surface area contributed by atoms with E-state index in [1.807, 2.05) is 30.3 Å². The molecule has 1 aromatic carbocycles. The first-order valence-electron chi connectivity index (χ1n) is 8.17. The Hall–Kier alpha value is -2.63. The van der Waals surface area contributed by atoms with Gasteiger partial charge in [0.15, 0.2) is 5.54 Å². The lowest BCUT2D eigenvalue weighted by molar-refractivity contribution is -0.157. The predicted octanol–water partition coefficient (Wildman–Crippen LogP) is 2.86. The van der Waals surface area contributed by atoms with Crippen LogP contribution in [0, 0.1) is 0 Å². The quantitative estimate of drug-likeness (QED) is 0.785. The molecule has 2 rings (SSSR count). The third-order valence-corrected chi connectivity index (χ3v) is 3.64. The molecular formula is C19H23NO5. The molecule has 0 N–H and O–H groups in total. The van der Waals surface area contributed by atoms with Gasteiger partial charge < -0.3 is 9.47 Å². The fourth-order valence-corrected chi connectivity index (χ4v) is 2.65. The van der Waals surface area contributed by atoms with Gasteiger partial charge in [-0.25, -0.2) is 14.5 Å². The summed E-state index contributed by atoms with van der Waals surface area (Å²) in [6, 6.07) is 9.15. The van der Waals surface area contributed by atoms with E-state index in [0.29, 0.717) is 0 Å². The number of carbonyl (C=O) groups is 3. The first kappa shape index (κ1) is 18.7. The number of benzene rings is 1. The van der Waals surface area contributed by atoms with Gasteiger partial charge in [0.2, 0.25) is 0 Å². The molecule has 6 heteroatoms. The van der Waals surface area contributed by atoms with E-state index in [0.717, 1.165) is 10.5 Å². The molecule has 0 saturated heterocycles. The molecule has 1 aromatic rings. The molecule has 1 heterocycles.